The number of benzene rings is 1. The minimum atomic E-state index is 0. The predicted octanol–water partition coefficient (Wildman–Crippen LogP) is 3.56. The van der Waals surface area contributed by atoms with Crippen molar-refractivity contribution in [1.29, 1.82) is 0 Å². The predicted molar refractivity (Wildman–Crippen MR) is 53.0 cm³/mol. The van der Waals surface area contributed by atoms with E-state index < -0.39 is 0 Å². The maximum Gasteiger partial charge on any atom is 2.00 e. The van der Waals surface area contributed by atoms with Gasteiger partial charge in [-0.1, -0.05) is 11.9 Å². The molecule has 0 N–H and O–H groups in total. The van der Waals surface area contributed by atoms with Crippen LogP contribution in [0.3, 0.4) is 0 Å². The molecule has 13 heavy (non-hydrogen) atoms. The summed E-state index contributed by atoms with van der Waals surface area (Å²) in [6.45, 7) is 1.82. The van der Waals surface area contributed by atoms with Crippen LogP contribution >= 0.6 is 23.2 Å². The van der Waals surface area contributed by atoms with E-state index in [-0.39, 0.29) is 38.5 Å². The molecule has 70 valence electrons. The van der Waals surface area contributed by atoms with Gasteiger partial charge in [0.05, 0.1) is 7.11 Å². The third-order valence-corrected chi connectivity index (χ3v) is 2.29. The fraction of sp³-hybridized carbons (Fsp3) is 0.222. The van der Waals surface area contributed by atoms with Gasteiger partial charge in [0.25, 0.3) is 0 Å². The van der Waals surface area contributed by atoms with Gasteiger partial charge in [-0.3, -0.25) is 0 Å². The topological polar surface area (TPSA) is 9.23 Å². The number of hydrogen-bond donors (Lipinski definition) is 0. The average molecular weight is 443 g/mol. The number of hydrogen-bond acceptors (Lipinski definition) is 1. The van der Waals surface area contributed by atoms with Crippen LogP contribution in [0.2, 0.25) is 10.0 Å². The molecule has 0 heterocycles. The smallest absolute Gasteiger partial charge is 0.553 e. The van der Waals surface area contributed by atoms with Crippen molar-refractivity contribution in [2.45, 2.75) is 6.92 Å². The summed E-state index contributed by atoms with van der Waals surface area (Å²) in [6.07, 6.45) is 0. The minimum absolute atomic E-state index is 0. The molecule has 0 aliphatic rings. The van der Waals surface area contributed by atoms with Crippen molar-refractivity contribution < 1.29 is 35.9 Å². The van der Waals surface area contributed by atoms with E-state index in [0.717, 1.165) is 5.56 Å². The van der Waals surface area contributed by atoms with Crippen molar-refractivity contribution in [1.82, 2.24) is 0 Å². The zero-order valence-electron chi connectivity index (χ0n) is 7.74. The third-order valence-electron chi connectivity index (χ3n) is 1.42. The molecule has 0 spiro atoms. The first-order valence-corrected chi connectivity index (χ1v) is 3.82. The first kappa shape index (κ1) is 16.1. The van der Waals surface area contributed by atoms with E-state index in [1.807, 2.05) is 6.92 Å². The fourth-order valence-corrected chi connectivity index (χ4v) is 1.15. The molecule has 1 aromatic carbocycles. The third kappa shape index (κ3) is 3.72. The Morgan fingerprint density at radius 1 is 1.38 bits per heavy atom. The van der Waals surface area contributed by atoms with E-state index in [4.69, 9.17) is 27.9 Å². The Bertz CT molecular complexity index is 277. The Labute approximate surface area is 113 Å². The van der Waals surface area contributed by atoms with Crippen LogP contribution in [0.15, 0.2) is 6.07 Å². The van der Waals surface area contributed by atoms with E-state index >= 15 is 0 Å². The number of rotatable bonds is 1. The van der Waals surface area contributed by atoms with Crippen molar-refractivity contribution >= 4 is 23.2 Å². The molecule has 0 unspecified atom stereocenters. The molecule has 1 aromatic rings. The van der Waals surface area contributed by atoms with Crippen LogP contribution in [0.25, 0.3) is 0 Å². The normalized spacial score (nSPS) is 8.31. The summed E-state index contributed by atoms with van der Waals surface area (Å²) in [5, 5.41) is 1.09. The summed E-state index contributed by atoms with van der Waals surface area (Å²) in [5.74, 6) is 0.605. The monoisotopic (exact) mass is 442 g/mol. The largest absolute Gasteiger partial charge is 2.00 e. The van der Waals surface area contributed by atoms with Gasteiger partial charge in [-0.05, 0) is 5.02 Å². The number of methoxy groups -OCH3 is 1. The van der Waals surface area contributed by atoms with Gasteiger partial charge in [-0.15, -0.1) is 34.8 Å². The molecule has 0 fully saturated rings. The van der Waals surface area contributed by atoms with E-state index in [0.29, 0.717) is 15.8 Å². The molecule has 0 amide bonds. The molecule has 0 aliphatic carbocycles. The maximum atomic E-state index is 5.87. The average Bonchev–Trinajstić information content (AvgIpc) is 2.01. The summed E-state index contributed by atoms with van der Waals surface area (Å²) < 4.78 is 4.96. The Balaban J connectivity index is 0. The summed E-state index contributed by atoms with van der Waals surface area (Å²) in [4.78, 5) is 0. The van der Waals surface area contributed by atoms with Gasteiger partial charge in [-0.25, -0.2) is 0 Å². The van der Waals surface area contributed by atoms with Crippen molar-refractivity contribution in [3.63, 3.8) is 0 Å². The van der Waals surface area contributed by atoms with Gasteiger partial charge in [-0.2, -0.15) is 6.07 Å². The Morgan fingerprint density at radius 2 is 1.92 bits per heavy atom. The molecular weight excluding hydrogens is 433 g/mol. The van der Waals surface area contributed by atoms with Gasteiger partial charge in [0, 0.05) is 5.75 Å². The first-order valence-electron chi connectivity index (χ1n) is 3.07. The van der Waals surface area contributed by atoms with Crippen LogP contribution in [-0.4, -0.2) is 7.11 Å². The molecule has 0 aliphatic heterocycles. The van der Waals surface area contributed by atoms with E-state index in [2.05, 4.69) is 6.07 Å². The van der Waals surface area contributed by atoms with Crippen LogP contribution in [0.4, 0.5) is 0 Å². The molecule has 1 rings (SSSR count). The van der Waals surface area contributed by atoms with Crippen molar-refractivity contribution in [2.24, 2.45) is 0 Å². The molecule has 0 saturated carbocycles. The van der Waals surface area contributed by atoms with Crippen LogP contribution in [-0.2, 0) is 0 Å². The number of ether oxygens (including phenoxy) is 1. The first-order chi connectivity index (χ1) is 5.16. The number of halogens is 2. The molecule has 4 heteroatoms. The van der Waals surface area contributed by atoms with Crippen LogP contribution in [0.5, 0.6) is 5.75 Å². The Hall–Kier alpha value is 0.652. The zero-order valence-corrected chi connectivity index (χ0v) is 13.4. The van der Waals surface area contributed by atoms with Crippen LogP contribution < -0.4 is 4.74 Å². The molecular formula is C9H10Cl2OU. The second kappa shape index (κ2) is 7.01. The van der Waals surface area contributed by atoms with Gasteiger partial charge < -0.3 is 12.2 Å². The van der Waals surface area contributed by atoms with Gasteiger partial charge in [0.15, 0.2) is 0 Å². The van der Waals surface area contributed by atoms with Crippen molar-refractivity contribution in [3.8, 4) is 5.75 Å². The zero-order chi connectivity index (χ0) is 8.43. The summed E-state index contributed by atoms with van der Waals surface area (Å²) in [5.41, 5.74) is 0.799. The van der Waals surface area contributed by atoms with E-state index in [1.165, 1.54) is 0 Å². The van der Waals surface area contributed by atoms with Crippen molar-refractivity contribution in [2.75, 3.05) is 7.11 Å². The Kier molecular flexibility index (Phi) is 8.68. The van der Waals surface area contributed by atoms with Gasteiger partial charge in [0.1, 0.15) is 0 Å². The molecule has 0 bridgehead atoms. The molecule has 0 saturated heterocycles. The minimum Gasteiger partial charge on any atom is -0.553 e. The molecule has 1 nitrogen and oxygen atoms in total. The van der Waals surface area contributed by atoms with E-state index in [9.17, 15) is 0 Å². The van der Waals surface area contributed by atoms with E-state index in [1.54, 1.807) is 13.2 Å². The summed E-state index contributed by atoms with van der Waals surface area (Å²) in [6, 6.07) is 4.44. The standard InChI is InChI=1S/C8H7Cl2O.CH3.U/c1-5-6(9)3-4-7(11-2)8(5)10;;/h4H,1-2H3;1H3;/q2*-1;+2. The fourth-order valence-electron chi connectivity index (χ4n) is 0.730. The summed E-state index contributed by atoms with van der Waals surface area (Å²) in [7, 11) is 1.56. The summed E-state index contributed by atoms with van der Waals surface area (Å²) >= 11 is 11.6. The van der Waals surface area contributed by atoms with Gasteiger partial charge in [0.2, 0.25) is 0 Å². The van der Waals surface area contributed by atoms with Crippen molar-refractivity contribution in [3.05, 3.63) is 35.2 Å². The molecule has 0 radical (unpaired) electrons. The SMILES string of the molecule is COc1c[c-]c(Cl)c(C)c1Cl.[CH3-].[U+2]. The second-order valence-corrected chi connectivity index (χ2v) is 2.87. The van der Waals surface area contributed by atoms with Crippen LogP contribution in [0.1, 0.15) is 5.56 Å². The Morgan fingerprint density at radius 3 is 2.38 bits per heavy atom. The van der Waals surface area contributed by atoms with Gasteiger partial charge >= 0.3 is 31.1 Å². The quantitative estimate of drug-likeness (QED) is 0.604. The molecule has 0 aromatic heterocycles. The van der Waals surface area contributed by atoms with Crippen LogP contribution in [0, 0.1) is 51.5 Å². The molecule has 0 atom stereocenters. The second-order valence-electron chi connectivity index (χ2n) is 2.11. The maximum absolute atomic E-state index is 5.87.